The van der Waals surface area contributed by atoms with E-state index in [1.165, 1.54) is 16.7 Å². The molecule has 5 nitrogen and oxygen atoms in total. The lowest BCUT2D eigenvalue weighted by atomic mass is 10.1. The van der Waals surface area contributed by atoms with Crippen LogP contribution in [0.4, 0.5) is 0 Å². The number of piperazine rings is 1. The quantitative estimate of drug-likeness (QED) is 0.808. The largest absolute Gasteiger partial charge is 0.497 e. The van der Waals surface area contributed by atoms with Crippen molar-refractivity contribution in [2.75, 3.05) is 33.3 Å². The Morgan fingerprint density at radius 3 is 2.23 bits per heavy atom. The lowest BCUT2D eigenvalue weighted by Crippen LogP contribution is -2.48. The van der Waals surface area contributed by atoms with Crippen molar-refractivity contribution in [3.05, 3.63) is 59.2 Å². The molecule has 2 aromatic carbocycles. The Kier molecular flexibility index (Phi) is 5.65. The summed E-state index contributed by atoms with van der Waals surface area (Å²) in [5, 5.41) is 0. The summed E-state index contributed by atoms with van der Waals surface area (Å²) in [5.41, 5.74) is 3.85. The van der Waals surface area contributed by atoms with Crippen LogP contribution in [0.2, 0.25) is 0 Å². The van der Waals surface area contributed by atoms with Gasteiger partial charge in [-0.05, 0) is 49.2 Å². The molecular weight excluding hydrogens is 348 g/mol. The van der Waals surface area contributed by atoms with Crippen molar-refractivity contribution >= 4 is 10.0 Å². The van der Waals surface area contributed by atoms with E-state index in [2.05, 4.69) is 36.9 Å². The summed E-state index contributed by atoms with van der Waals surface area (Å²) in [6, 6.07) is 13.1. The van der Waals surface area contributed by atoms with Crippen molar-refractivity contribution in [3.8, 4) is 5.75 Å². The van der Waals surface area contributed by atoms with E-state index in [9.17, 15) is 8.42 Å². The van der Waals surface area contributed by atoms with Crippen LogP contribution in [0, 0.1) is 13.8 Å². The number of hydrogen-bond acceptors (Lipinski definition) is 4. The zero-order chi connectivity index (χ0) is 18.7. The van der Waals surface area contributed by atoms with Gasteiger partial charge in [0, 0.05) is 32.7 Å². The summed E-state index contributed by atoms with van der Waals surface area (Å²) in [6.07, 6.45) is 0. The maximum Gasteiger partial charge on any atom is 0.243 e. The van der Waals surface area contributed by atoms with E-state index >= 15 is 0 Å². The van der Waals surface area contributed by atoms with Gasteiger partial charge in [-0.2, -0.15) is 4.31 Å². The molecule has 0 aliphatic carbocycles. The molecule has 0 unspecified atom stereocenters. The van der Waals surface area contributed by atoms with Crippen LogP contribution in [0.5, 0.6) is 5.75 Å². The van der Waals surface area contributed by atoms with Crippen molar-refractivity contribution in [3.63, 3.8) is 0 Å². The van der Waals surface area contributed by atoms with E-state index in [0.717, 1.165) is 19.6 Å². The molecular formula is C20H26N2O3S. The number of ether oxygens (including phenoxy) is 1. The molecule has 6 heteroatoms. The summed E-state index contributed by atoms with van der Waals surface area (Å²) < 4.78 is 32.3. The van der Waals surface area contributed by atoms with Gasteiger partial charge in [-0.1, -0.05) is 23.8 Å². The lowest BCUT2D eigenvalue weighted by molar-refractivity contribution is 0.181. The van der Waals surface area contributed by atoms with Crippen molar-refractivity contribution in [1.82, 2.24) is 9.21 Å². The number of methoxy groups -OCH3 is 1. The summed E-state index contributed by atoms with van der Waals surface area (Å²) >= 11 is 0. The zero-order valence-corrected chi connectivity index (χ0v) is 16.4. The van der Waals surface area contributed by atoms with Crippen molar-refractivity contribution in [2.24, 2.45) is 0 Å². The zero-order valence-electron chi connectivity index (χ0n) is 15.6. The minimum absolute atomic E-state index is 0.321. The second-order valence-corrected chi connectivity index (χ2v) is 8.72. The van der Waals surface area contributed by atoms with E-state index in [4.69, 9.17) is 4.74 Å². The van der Waals surface area contributed by atoms with Crippen molar-refractivity contribution in [1.29, 1.82) is 0 Å². The van der Waals surface area contributed by atoms with Crippen LogP contribution in [0.25, 0.3) is 0 Å². The summed E-state index contributed by atoms with van der Waals surface area (Å²) in [7, 11) is -1.88. The maximum atomic E-state index is 12.8. The first-order chi connectivity index (χ1) is 12.4. The number of benzene rings is 2. The van der Waals surface area contributed by atoms with Crippen LogP contribution in [0.3, 0.4) is 0 Å². The predicted molar refractivity (Wildman–Crippen MR) is 103 cm³/mol. The van der Waals surface area contributed by atoms with Crippen molar-refractivity contribution in [2.45, 2.75) is 25.3 Å². The smallest absolute Gasteiger partial charge is 0.243 e. The van der Waals surface area contributed by atoms with E-state index in [1.54, 1.807) is 35.7 Å². The summed E-state index contributed by atoms with van der Waals surface area (Å²) in [6.45, 7) is 7.59. The van der Waals surface area contributed by atoms with Crippen LogP contribution >= 0.6 is 0 Å². The fourth-order valence-corrected chi connectivity index (χ4v) is 4.66. The fourth-order valence-electron chi connectivity index (χ4n) is 3.24. The molecule has 1 aliphatic heterocycles. The molecule has 0 saturated carbocycles. The number of aryl methyl sites for hydroxylation is 2. The Morgan fingerprint density at radius 1 is 0.962 bits per heavy atom. The minimum atomic E-state index is -3.45. The van der Waals surface area contributed by atoms with Crippen LogP contribution in [0.1, 0.15) is 16.7 Å². The number of sulfonamides is 1. The van der Waals surface area contributed by atoms with Gasteiger partial charge in [-0.15, -0.1) is 0 Å². The van der Waals surface area contributed by atoms with Gasteiger partial charge < -0.3 is 4.74 Å². The average Bonchev–Trinajstić information content (AvgIpc) is 2.65. The van der Waals surface area contributed by atoms with E-state index < -0.39 is 10.0 Å². The van der Waals surface area contributed by atoms with Crippen LogP contribution < -0.4 is 4.74 Å². The Balaban J connectivity index is 1.64. The number of nitrogens with zero attached hydrogens (tertiary/aromatic N) is 2. The van der Waals surface area contributed by atoms with Gasteiger partial charge in [0.25, 0.3) is 0 Å². The minimum Gasteiger partial charge on any atom is -0.497 e. The molecule has 1 aliphatic rings. The first-order valence-corrected chi connectivity index (χ1v) is 10.3. The molecule has 1 fully saturated rings. The third-order valence-corrected chi connectivity index (χ3v) is 6.84. The highest BCUT2D eigenvalue weighted by Gasteiger charge is 2.28. The molecule has 0 bridgehead atoms. The normalized spacial score (nSPS) is 16.6. The van der Waals surface area contributed by atoms with Gasteiger partial charge in [-0.25, -0.2) is 8.42 Å². The van der Waals surface area contributed by atoms with Crippen LogP contribution in [-0.4, -0.2) is 50.9 Å². The van der Waals surface area contributed by atoms with Crippen molar-refractivity contribution < 1.29 is 13.2 Å². The van der Waals surface area contributed by atoms with Gasteiger partial charge >= 0.3 is 0 Å². The van der Waals surface area contributed by atoms with Gasteiger partial charge in [0.2, 0.25) is 10.0 Å². The molecule has 140 valence electrons. The topological polar surface area (TPSA) is 49.9 Å². The second kappa shape index (κ2) is 7.78. The van der Waals surface area contributed by atoms with Crippen LogP contribution in [0.15, 0.2) is 47.4 Å². The molecule has 26 heavy (non-hydrogen) atoms. The number of hydrogen-bond donors (Lipinski definition) is 0. The molecule has 1 heterocycles. The molecule has 0 atom stereocenters. The highest BCUT2D eigenvalue weighted by Crippen LogP contribution is 2.21. The van der Waals surface area contributed by atoms with Gasteiger partial charge in [-0.3, -0.25) is 4.90 Å². The van der Waals surface area contributed by atoms with Crippen LogP contribution in [-0.2, 0) is 16.6 Å². The summed E-state index contributed by atoms with van der Waals surface area (Å²) in [5.74, 6) is 0.655. The average molecular weight is 375 g/mol. The number of rotatable bonds is 5. The third kappa shape index (κ3) is 4.09. The first kappa shape index (κ1) is 18.9. The molecule has 0 radical (unpaired) electrons. The monoisotopic (exact) mass is 374 g/mol. The molecule has 0 spiro atoms. The predicted octanol–water partition coefficient (Wildman–Crippen LogP) is 2.82. The SMILES string of the molecule is COc1ccc(S(=O)(=O)N2CCN(Cc3cc(C)ccc3C)CC2)cc1. The molecule has 0 N–H and O–H groups in total. The highest BCUT2D eigenvalue weighted by atomic mass is 32.2. The molecule has 3 rings (SSSR count). The van der Waals surface area contributed by atoms with Gasteiger partial charge in [0.1, 0.15) is 5.75 Å². The van der Waals surface area contributed by atoms with E-state index in [-0.39, 0.29) is 0 Å². The van der Waals surface area contributed by atoms with E-state index in [0.29, 0.717) is 23.7 Å². The first-order valence-electron chi connectivity index (χ1n) is 8.83. The Labute approximate surface area is 156 Å². The fraction of sp³-hybridized carbons (Fsp3) is 0.400. The standard InChI is InChI=1S/C20H26N2O3S/c1-16-4-5-17(2)18(14-16)15-21-10-12-22(13-11-21)26(23,24)20-8-6-19(25-3)7-9-20/h4-9,14H,10-13,15H2,1-3H3. The molecule has 2 aromatic rings. The molecule has 0 amide bonds. The van der Waals surface area contributed by atoms with E-state index in [1.807, 2.05) is 0 Å². The lowest BCUT2D eigenvalue weighted by Gasteiger charge is -2.34. The summed E-state index contributed by atoms with van der Waals surface area (Å²) in [4.78, 5) is 2.64. The Morgan fingerprint density at radius 2 is 1.62 bits per heavy atom. The second-order valence-electron chi connectivity index (χ2n) is 6.79. The van der Waals surface area contributed by atoms with Gasteiger partial charge in [0.15, 0.2) is 0 Å². The molecule has 1 saturated heterocycles. The Hall–Kier alpha value is -1.89. The molecule has 0 aromatic heterocycles. The third-order valence-electron chi connectivity index (χ3n) is 4.93. The Bertz CT molecular complexity index is 855. The van der Waals surface area contributed by atoms with Gasteiger partial charge in [0.05, 0.1) is 12.0 Å². The maximum absolute atomic E-state index is 12.8. The highest BCUT2D eigenvalue weighted by molar-refractivity contribution is 7.89.